The number of rotatable bonds is 7. The van der Waals surface area contributed by atoms with Crippen molar-refractivity contribution in [1.29, 1.82) is 0 Å². The molecule has 0 saturated heterocycles. The van der Waals surface area contributed by atoms with Gasteiger partial charge in [-0.1, -0.05) is 97.1 Å². The summed E-state index contributed by atoms with van der Waals surface area (Å²) < 4.78 is 5.27. The van der Waals surface area contributed by atoms with E-state index in [4.69, 9.17) is 4.74 Å². The third-order valence-corrected chi connectivity index (χ3v) is 5.31. The summed E-state index contributed by atoms with van der Waals surface area (Å²) in [6, 6.07) is 36.0. The molecule has 4 aromatic rings. The van der Waals surface area contributed by atoms with E-state index in [2.05, 4.69) is 29.6 Å². The van der Waals surface area contributed by atoms with Gasteiger partial charge in [0.1, 0.15) is 5.75 Å². The van der Waals surface area contributed by atoms with E-state index in [0.29, 0.717) is 6.42 Å². The van der Waals surface area contributed by atoms with Gasteiger partial charge < -0.3 is 10.1 Å². The molecular weight excluding hydrogens is 382 g/mol. The molecule has 0 aliphatic rings. The van der Waals surface area contributed by atoms with Crippen molar-refractivity contribution in [3.05, 3.63) is 126 Å². The van der Waals surface area contributed by atoms with Gasteiger partial charge in [-0.2, -0.15) is 0 Å². The molecule has 154 valence electrons. The normalized spacial score (nSPS) is 11.5. The minimum atomic E-state index is -0.219. The molecule has 0 radical (unpaired) electrons. The van der Waals surface area contributed by atoms with Crippen LogP contribution in [0.25, 0.3) is 11.1 Å². The zero-order valence-electron chi connectivity index (χ0n) is 17.5. The number of methoxy groups -OCH3 is 1. The molecule has 1 atom stereocenters. The van der Waals surface area contributed by atoms with Crippen molar-refractivity contribution in [3.63, 3.8) is 0 Å². The summed E-state index contributed by atoms with van der Waals surface area (Å²) in [7, 11) is 1.65. The highest BCUT2D eigenvalue weighted by Crippen LogP contribution is 2.25. The summed E-state index contributed by atoms with van der Waals surface area (Å²) in [5.74, 6) is 0.775. The van der Waals surface area contributed by atoms with Crippen LogP contribution < -0.4 is 10.1 Å². The fourth-order valence-electron chi connectivity index (χ4n) is 3.64. The molecule has 0 unspecified atom stereocenters. The summed E-state index contributed by atoms with van der Waals surface area (Å²) in [5, 5.41) is 3.20. The maximum atomic E-state index is 12.9. The molecule has 0 heterocycles. The fourth-order valence-corrected chi connectivity index (χ4v) is 3.64. The van der Waals surface area contributed by atoms with Crippen LogP contribution in [0.15, 0.2) is 109 Å². The third-order valence-electron chi connectivity index (χ3n) is 5.31. The maximum Gasteiger partial charge on any atom is 0.225 e. The first-order chi connectivity index (χ1) is 15.2. The van der Waals surface area contributed by atoms with Gasteiger partial charge in [-0.15, -0.1) is 0 Å². The van der Waals surface area contributed by atoms with Gasteiger partial charge in [0.25, 0.3) is 0 Å². The largest absolute Gasteiger partial charge is 0.497 e. The molecule has 1 amide bonds. The minimum Gasteiger partial charge on any atom is -0.497 e. The predicted molar refractivity (Wildman–Crippen MR) is 125 cm³/mol. The molecule has 0 aliphatic heterocycles. The summed E-state index contributed by atoms with van der Waals surface area (Å²) >= 11 is 0. The second-order valence-corrected chi connectivity index (χ2v) is 7.42. The van der Waals surface area contributed by atoms with Crippen LogP contribution in [0.1, 0.15) is 22.7 Å². The SMILES string of the molecule is COc1ccc([C@H](NC(=O)Cc2ccc(-c3ccccc3)cc2)c2ccccc2)cc1. The minimum absolute atomic E-state index is 0.0165. The Kier molecular flexibility index (Phi) is 6.44. The molecule has 1 N–H and O–H groups in total. The molecule has 0 aromatic heterocycles. The number of nitrogens with one attached hydrogen (secondary N) is 1. The number of carbonyl (C=O) groups excluding carboxylic acids is 1. The van der Waals surface area contributed by atoms with Crippen LogP contribution in [0.2, 0.25) is 0 Å². The highest BCUT2D eigenvalue weighted by molar-refractivity contribution is 5.80. The predicted octanol–water partition coefficient (Wildman–Crippen LogP) is 5.81. The standard InChI is InChI=1S/C28H25NO2/c1-31-26-18-16-25(17-19-26)28(24-10-6-3-7-11-24)29-27(30)20-21-12-14-23(15-13-21)22-8-4-2-5-9-22/h2-19,28H,20H2,1H3,(H,29,30)/t28-/m1/s1. The summed E-state index contributed by atoms with van der Waals surface area (Å²) in [5.41, 5.74) is 5.35. The summed E-state index contributed by atoms with van der Waals surface area (Å²) in [6.07, 6.45) is 0.328. The Hall–Kier alpha value is -3.85. The van der Waals surface area contributed by atoms with Crippen LogP contribution in [0.3, 0.4) is 0 Å². The molecule has 4 aromatic carbocycles. The lowest BCUT2D eigenvalue weighted by molar-refractivity contribution is -0.120. The smallest absolute Gasteiger partial charge is 0.225 e. The van der Waals surface area contributed by atoms with Gasteiger partial charge in [-0.3, -0.25) is 4.79 Å². The van der Waals surface area contributed by atoms with E-state index in [1.165, 1.54) is 5.56 Å². The van der Waals surface area contributed by atoms with Gasteiger partial charge in [0.05, 0.1) is 19.6 Å². The van der Waals surface area contributed by atoms with E-state index < -0.39 is 0 Å². The molecule has 0 aliphatic carbocycles. The second-order valence-electron chi connectivity index (χ2n) is 7.42. The van der Waals surface area contributed by atoms with Crippen molar-refractivity contribution in [2.45, 2.75) is 12.5 Å². The molecule has 4 rings (SSSR count). The highest BCUT2D eigenvalue weighted by Gasteiger charge is 2.17. The van der Waals surface area contributed by atoms with Crippen LogP contribution in [0.5, 0.6) is 5.75 Å². The number of benzene rings is 4. The van der Waals surface area contributed by atoms with Crippen molar-refractivity contribution < 1.29 is 9.53 Å². The molecule has 0 saturated carbocycles. The first-order valence-electron chi connectivity index (χ1n) is 10.4. The molecular formula is C28H25NO2. The quantitative estimate of drug-likeness (QED) is 0.420. The van der Waals surface area contributed by atoms with Crippen molar-refractivity contribution in [2.75, 3.05) is 7.11 Å². The van der Waals surface area contributed by atoms with Gasteiger partial charge in [0, 0.05) is 0 Å². The van der Waals surface area contributed by atoms with Crippen LogP contribution in [0, 0.1) is 0 Å². The van der Waals surface area contributed by atoms with E-state index in [0.717, 1.165) is 28.0 Å². The van der Waals surface area contributed by atoms with E-state index >= 15 is 0 Å². The molecule has 0 fully saturated rings. The Bertz CT molecular complexity index is 1110. The van der Waals surface area contributed by atoms with Crippen LogP contribution in [0.4, 0.5) is 0 Å². The van der Waals surface area contributed by atoms with Gasteiger partial charge in [-0.05, 0) is 39.9 Å². The highest BCUT2D eigenvalue weighted by atomic mass is 16.5. The number of amides is 1. The number of hydrogen-bond donors (Lipinski definition) is 1. The number of ether oxygens (including phenoxy) is 1. The van der Waals surface area contributed by atoms with Crippen molar-refractivity contribution in [2.24, 2.45) is 0 Å². The first-order valence-corrected chi connectivity index (χ1v) is 10.4. The topological polar surface area (TPSA) is 38.3 Å². The van der Waals surface area contributed by atoms with Gasteiger partial charge in [-0.25, -0.2) is 0 Å². The van der Waals surface area contributed by atoms with Crippen LogP contribution >= 0.6 is 0 Å². The van der Waals surface area contributed by atoms with Gasteiger partial charge in [0.2, 0.25) is 5.91 Å². The third kappa shape index (κ3) is 5.20. The lowest BCUT2D eigenvalue weighted by Crippen LogP contribution is -2.30. The lowest BCUT2D eigenvalue weighted by Gasteiger charge is -2.20. The molecule has 0 spiro atoms. The zero-order valence-corrected chi connectivity index (χ0v) is 17.5. The summed E-state index contributed by atoms with van der Waals surface area (Å²) in [6.45, 7) is 0. The van der Waals surface area contributed by atoms with Crippen molar-refractivity contribution in [3.8, 4) is 16.9 Å². The summed E-state index contributed by atoms with van der Waals surface area (Å²) in [4.78, 5) is 12.9. The van der Waals surface area contributed by atoms with E-state index in [1.54, 1.807) is 7.11 Å². The number of carbonyl (C=O) groups is 1. The molecule has 0 bridgehead atoms. The Morgan fingerprint density at radius 3 is 1.87 bits per heavy atom. The van der Waals surface area contributed by atoms with Crippen molar-refractivity contribution >= 4 is 5.91 Å². The Morgan fingerprint density at radius 1 is 0.710 bits per heavy atom. The molecule has 3 nitrogen and oxygen atoms in total. The van der Waals surface area contributed by atoms with E-state index in [9.17, 15) is 4.79 Å². The molecule has 3 heteroatoms. The van der Waals surface area contributed by atoms with Crippen LogP contribution in [-0.4, -0.2) is 13.0 Å². The molecule has 31 heavy (non-hydrogen) atoms. The lowest BCUT2D eigenvalue weighted by atomic mass is 9.98. The average Bonchev–Trinajstić information content (AvgIpc) is 2.84. The first kappa shape index (κ1) is 20.4. The van der Waals surface area contributed by atoms with Gasteiger partial charge >= 0.3 is 0 Å². The second kappa shape index (κ2) is 9.77. The number of hydrogen-bond acceptors (Lipinski definition) is 2. The van der Waals surface area contributed by atoms with E-state index in [-0.39, 0.29) is 11.9 Å². The Morgan fingerprint density at radius 2 is 1.26 bits per heavy atom. The Labute approximate surface area is 183 Å². The monoisotopic (exact) mass is 407 g/mol. The fraction of sp³-hybridized carbons (Fsp3) is 0.107. The average molecular weight is 408 g/mol. The zero-order chi connectivity index (χ0) is 21.5. The van der Waals surface area contributed by atoms with Gasteiger partial charge in [0.15, 0.2) is 0 Å². The van der Waals surface area contributed by atoms with Crippen molar-refractivity contribution in [1.82, 2.24) is 5.32 Å². The van der Waals surface area contributed by atoms with Crippen LogP contribution in [-0.2, 0) is 11.2 Å². The van der Waals surface area contributed by atoms with E-state index in [1.807, 2.05) is 84.9 Å². The Balaban J connectivity index is 1.49. The maximum absolute atomic E-state index is 12.9.